The molecule has 1 atom stereocenters. The molecular formula is C13H22N2O. The van der Waals surface area contributed by atoms with Crippen molar-refractivity contribution in [1.82, 2.24) is 0 Å². The third kappa shape index (κ3) is 3.05. The monoisotopic (exact) mass is 222 g/mol. The Labute approximate surface area is 98.0 Å². The van der Waals surface area contributed by atoms with E-state index in [1.807, 2.05) is 18.2 Å². The van der Waals surface area contributed by atoms with Gasteiger partial charge in [0.05, 0.1) is 18.5 Å². The Balaban J connectivity index is 2.79. The Morgan fingerprint density at radius 1 is 1.38 bits per heavy atom. The number of nitrogen functional groups attached to an aromatic ring is 1. The highest BCUT2D eigenvalue weighted by atomic mass is 16.5. The summed E-state index contributed by atoms with van der Waals surface area (Å²) >= 11 is 0. The summed E-state index contributed by atoms with van der Waals surface area (Å²) in [6.45, 7) is 4.38. The lowest BCUT2D eigenvalue weighted by molar-refractivity contribution is 0.417. The molecule has 0 amide bonds. The second-order valence-corrected chi connectivity index (χ2v) is 3.96. The van der Waals surface area contributed by atoms with E-state index in [-0.39, 0.29) is 0 Å². The van der Waals surface area contributed by atoms with Gasteiger partial charge in [0.15, 0.2) is 0 Å². The van der Waals surface area contributed by atoms with Crippen LogP contribution in [0.4, 0.5) is 11.4 Å². The van der Waals surface area contributed by atoms with Crippen molar-refractivity contribution >= 4 is 11.4 Å². The number of hydrogen-bond donors (Lipinski definition) is 2. The molecule has 1 unspecified atom stereocenters. The molecule has 0 bridgehead atoms. The fourth-order valence-electron chi connectivity index (χ4n) is 1.79. The van der Waals surface area contributed by atoms with Crippen molar-refractivity contribution in [3.8, 4) is 5.75 Å². The predicted molar refractivity (Wildman–Crippen MR) is 70.0 cm³/mol. The molecule has 1 rings (SSSR count). The first-order valence-electron chi connectivity index (χ1n) is 5.91. The zero-order valence-corrected chi connectivity index (χ0v) is 10.4. The van der Waals surface area contributed by atoms with Crippen molar-refractivity contribution in [2.24, 2.45) is 0 Å². The van der Waals surface area contributed by atoms with Crippen molar-refractivity contribution in [3.63, 3.8) is 0 Å². The van der Waals surface area contributed by atoms with Crippen LogP contribution < -0.4 is 15.8 Å². The van der Waals surface area contributed by atoms with Gasteiger partial charge in [0.2, 0.25) is 0 Å². The molecule has 0 aliphatic carbocycles. The van der Waals surface area contributed by atoms with Gasteiger partial charge in [-0.1, -0.05) is 26.3 Å². The van der Waals surface area contributed by atoms with Crippen LogP contribution in [0.5, 0.6) is 5.75 Å². The van der Waals surface area contributed by atoms with Gasteiger partial charge in [-0.15, -0.1) is 0 Å². The zero-order valence-electron chi connectivity index (χ0n) is 10.4. The highest BCUT2D eigenvalue weighted by molar-refractivity contribution is 5.73. The SMILES string of the molecule is CCCC(CC)Nc1cccc(OC)c1N. The molecule has 0 fully saturated rings. The van der Waals surface area contributed by atoms with Crippen LogP contribution in [-0.2, 0) is 0 Å². The number of para-hydroxylation sites is 1. The topological polar surface area (TPSA) is 47.3 Å². The molecule has 0 aliphatic rings. The quantitative estimate of drug-likeness (QED) is 0.726. The average Bonchev–Trinajstić information content (AvgIpc) is 2.31. The normalized spacial score (nSPS) is 12.2. The lowest BCUT2D eigenvalue weighted by Crippen LogP contribution is -2.18. The maximum Gasteiger partial charge on any atom is 0.143 e. The van der Waals surface area contributed by atoms with Crippen LogP contribution in [-0.4, -0.2) is 13.2 Å². The van der Waals surface area contributed by atoms with Gasteiger partial charge in [-0.3, -0.25) is 0 Å². The Bertz CT molecular complexity index is 326. The summed E-state index contributed by atoms with van der Waals surface area (Å²) in [5.74, 6) is 0.733. The molecule has 0 saturated carbocycles. The average molecular weight is 222 g/mol. The molecule has 0 saturated heterocycles. The molecule has 0 aromatic heterocycles. The van der Waals surface area contributed by atoms with E-state index in [0.717, 1.165) is 24.3 Å². The summed E-state index contributed by atoms with van der Waals surface area (Å²) in [6, 6.07) is 6.31. The third-order valence-electron chi connectivity index (χ3n) is 2.78. The molecule has 1 aromatic rings. The minimum Gasteiger partial charge on any atom is -0.495 e. The zero-order chi connectivity index (χ0) is 12.0. The van der Waals surface area contributed by atoms with Gasteiger partial charge in [-0.05, 0) is 25.0 Å². The van der Waals surface area contributed by atoms with Crippen LogP contribution in [0.3, 0.4) is 0 Å². The van der Waals surface area contributed by atoms with Crippen LogP contribution in [0.2, 0.25) is 0 Å². The van der Waals surface area contributed by atoms with Crippen LogP contribution in [0.15, 0.2) is 18.2 Å². The number of nitrogens with one attached hydrogen (secondary N) is 1. The molecule has 16 heavy (non-hydrogen) atoms. The maximum atomic E-state index is 6.01. The number of nitrogens with two attached hydrogens (primary N) is 1. The first-order valence-corrected chi connectivity index (χ1v) is 5.91. The summed E-state index contributed by atoms with van der Waals surface area (Å²) < 4.78 is 5.20. The smallest absolute Gasteiger partial charge is 0.143 e. The molecule has 0 heterocycles. The number of anilines is 2. The maximum absolute atomic E-state index is 6.01. The van der Waals surface area contributed by atoms with Crippen LogP contribution in [0.25, 0.3) is 0 Å². The van der Waals surface area contributed by atoms with Gasteiger partial charge in [0.1, 0.15) is 5.75 Å². The minimum absolute atomic E-state index is 0.486. The predicted octanol–water partition coefficient (Wildman–Crippen LogP) is 3.27. The minimum atomic E-state index is 0.486. The Hall–Kier alpha value is -1.38. The van der Waals surface area contributed by atoms with Gasteiger partial charge in [0, 0.05) is 6.04 Å². The van der Waals surface area contributed by atoms with Gasteiger partial charge in [0.25, 0.3) is 0 Å². The van der Waals surface area contributed by atoms with Crippen molar-refractivity contribution in [3.05, 3.63) is 18.2 Å². The lowest BCUT2D eigenvalue weighted by atomic mass is 10.1. The second kappa shape index (κ2) is 6.26. The molecule has 0 radical (unpaired) electrons. The Kier molecular flexibility index (Phi) is 4.96. The van der Waals surface area contributed by atoms with Crippen LogP contribution in [0, 0.1) is 0 Å². The number of methoxy groups -OCH3 is 1. The first kappa shape index (κ1) is 12.7. The summed E-state index contributed by atoms with van der Waals surface area (Å²) in [5.41, 5.74) is 7.67. The van der Waals surface area contributed by atoms with Gasteiger partial charge in [-0.25, -0.2) is 0 Å². The fraction of sp³-hybridized carbons (Fsp3) is 0.538. The molecular weight excluding hydrogens is 200 g/mol. The van der Waals surface area contributed by atoms with E-state index in [2.05, 4.69) is 19.2 Å². The fourth-order valence-corrected chi connectivity index (χ4v) is 1.79. The van der Waals surface area contributed by atoms with Crippen molar-refractivity contribution in [2.45, 2.75) is 39.2 Å². The van der Waals surface area contributed by atoms with Crippen molar-refractivity contribution in [2.75, 3.05) is 18.2 Å². The van der Waals surface area contributed by atoms with Gasteiger partial charge >= 0.3 is 0 Å². The lowest BCUT2D eigenvalue weighted by Gasteiger charge is -2.19. The standard InChI is InChI=1S/C13H22N2O/c1-4-7-10(5-2)15-11-8-6-9-12(16-3)13(11)14/h6,8-10,15H,4-5,7,14H2,1-3H3. The number of hydrogen-bond acceptors (Lipinski definition) is 3. The van der Waals surface area contributed by atoms with Crippen molar-refractivity contribution in [1.29, 1.82) is 0 Å². The Morgan fingerprint density at radius 3 is 2.69 bits per heavy atom. The molecule has 1 aromatic carbocycles. The van der Waals surface area contributed by atoms with E-state index in [0.29, 0.717) is 11.7 Å². The number of benzene rings is 1. The number of ether oxygens (including phenoxy) is 1. The molecule has 3 nitrogen and oxygen atoms in total. The van der Waals surface area contributed by atoms with E-state index in [1.165, 1.54) is 6.42 Å². The largest absolute Gasteiger partial charge is 0.495 e. The van der Waals surface area contributed by atoms with E-state index < -0.39 is 0 Å². The molecule has 3 N–H and O–H groups in total. The molecule has 90 valence electrons. The van der Waals surface area contributed by atoms with E-state index in [9.17, 15) is 0 Å². The molecule has 0 aliphatic heterocycles. The van der Waals surface area contributed by atoms with Crippen LogP contribution >= 0.6 is 0 Å². The number of rotatable bonds is 6. The Morgan fingerprint density at radius 2 is 2.12 bits per heavy atom. The third-order valence-corrected chi connectivity index (χ3v) is 2.78. The van der Waals surface area contributed by atoms with Gasteiger partial charge < -0.3 is 15.8 Å². The summed E-state index contributed by atoms with van der Waals surface area (Å²) in [6.07, 6.45) is 3.44. The van der Waals surface area contributed by atoms with Gasteiger partial charge in [-0.2, -0.15) is 0 Å². The second-order valence-electron chi connectivity index (χ2n) is 3.96. The van der Waals surface area contributed by atoms with Crippen molar-refractivity contribution < 1.29 is 4.74 Å². The summed E-state index contributed by atoms with van der Waals surface area (Å²) in [5, 5.41) is 3.47. The van der Waals surface area contributed by atoms with Crippen LogP contribution in [0.1, 0.15) is 33.1 Å². The highest BCUT2D eigenvalue weighted by Gasteiger charge is 2.09. The molecule has 3 heteroatoms. The summed E-state index contributed by atoms with van der Waals surface area (Å²) in [4.78, 5) is 0. The highest BCUT2D eigenvalue weighted by Crippen LogP contribution is 2.30. The van der Waals surface area contributed by atoms with E-state index >= 15 is 0 Å². The van der Waals surface area contributed by atoms with E-state index in [4.69, 9.17) is 10.5 Å². The molecule has 0 spiro atoms. The summed E-state index contributed by atoms with van der Waals surface area (Å²) in [7, 11) is 1.64. The van der Waals surface area contributed by atoms with E-state index in [1.54, 1.807) is 7.11 Å². The first-order chi connectivity index (χ1) is 7.72.